The van der Waals surface area contributed by atoms with E-state index in [0.717, 1.165) is 5.76 Å². The molecule has 0 saturated carbocycles. The van der Waals surface area contributed by atoms with Gasteiger partial charge in [-0.3, -0.25) is 0 Å². The fourth-order valence-corrected chi connectivity index (χ4v) is 4.85. The van der Waals surface area contributed by atoms with E-state index in [1.54, 1.807) is 16.8 Å². The highest BCUT2D eigenvalue weighted by atomic mass is 32.2. The molecule has 22 heavy (non-hydrogen) atoms. The summed E-state index contributed by atoms with van der Waals surface area (Å²) < 4.78 is 32.1. The summed E-state index contributed by atoms with van der Waals surface area (Å²) in [6, 6.07) is 7.28. The molecule has 0 aromatic carbocycles. The van der Waals surface area contributed by atoms with Gasteiger partial charge in [-0.2, -0.15) is 0 Å². The van der Waals surface area contributed by atoms with E-state index in [0.29, 0.717) is 35.7 Å². The second-order valence-corrected chi connectivity index (χ2v) is 7.84. The number of aromatic nitrogens is 3. The zero-order valence-corrected chi connectivity index (χ0v) is 12.9. The molecule has 1 atom stereocenters. The maximum atomic E-state index is 12.3. The van der Waals surface area contributed by atoms with Crippen LogP contribution < -0.4 is 0 Å². The molecule has 1 unspecified atom stereocenters. The van der Waals surface area contributed by atoms with E-state index in [9.17, 15) is 8.42 Å². The first-order valence-corrected chi connectivity index (χ1v) is 8.89. The molecule has 0 spiro atoms. The summed E-state index contributed by atoms with van der Waals surface area (Å²) in [7, 11) is -3.16. The second-order valence-electron chi connectivity index (χ2n) is 5.53. The van der Waals surface area contributed by atoms with Crippen molar-refractivity contribution < 1.29 is 12.8 Å². The molecule has 0 amide bonds. The molecule has 3 aromatic rings. The van der Waals surface area contributed by atoms with Crippen LogP contribution in [0.5, 0.6) is 0 Å². The number of nitrogens with zero attached hydrogens (tertiary/aromatic N) is 3. The van der Waals surface area contributed by atoms with Gasteiger partial charge in [0.15, 0.2) is 15.5 Å². The third-order valence-electron chi connectivity index (χ3n) is 4.01. The lowest BCUT2D eigenvalue weighted by Gasteiger charge is -2.10. The van der Waals surface area contributed by atoms with Crippen LogP contribution in [0.15, 0.2) is 34.9 Å². The molecular formula is C15H15N3O3S. The van der Waals surface area contributed by atoms with Gasteiger partial charge < -0.3 is 4.42 Å². The molecular weight excluding hydrogens is 302 g/mol. The molecule has 3 aromatic heterocycles. The van der Waals surface area contributed by atoms with Crippen LogP contribution >= 0.6 is 0 Å². The SMILES string of the molecule is Cc1ccc(-n2c(C3CCCS3(=O)=O)nc3cccnc32)o1. The normalized spacial score (nSPS) is 20.7. The Morgan fingerprint density at radius 3 is 2.86 bits per heavy atom. The minimum atomic E-state index is -3.16. The summed E-state index contributed by atoms with van der Waals surface area (Å²) >= 11 is 0. The van der Waals surface area contributed by atoms with E-state index in [-0.39, 0.29) is 5.75 Å². The van der Waals surface area contributed by atoms with Gasteiger partial charge in [0.05, 0.1) is 5.75 Å². The van der Waals surface area contributed by atoms with E-state index in [1.807, 2.05) is 25.1 Å². The number of rotatable bonds is 2. The third-order valence-corrected chi connectivity index (χ3v) is 6.18. The summed E-state index contributed by atoms with van der Waals surface area (Å²) in [6.45, 7) is 1.85. The van der Waals surface area contributed by atoms with E-state index < -0.39 is 15.1 Å². The van der Waals surface area contributed by atoms with Crippen molar-refractivity contribution in [1.82, 2.24) is 14.5 Å². The Kier molecular flexibility index (Phi) is 2.87. The van der Waals surface area contributed by atoms with Gasteiger partial charge in [0.2, 0.25) is 5.88 Å². The summed E-state index contributed by atoms with van der Waals surface area (Å²) in [4.78, 5) is 8.89. The lowest BCUT2D eigenvalue weighted by molar-refractivity contribution is 0.505. The predicted octanol–water partition coefficient (Wildman–Crippen LogP) is 2.57. The number of sulfone groups is 1. The number of hydrogen-bond acceptors (Lipinski definition) is 5. The summed E-state index contributed by atoms with van der Waals surface area (Å²) in [5, 5.41) is -0.591. The molecule has 114 valence electrons. The van der Waals surface area contributed by atoms with Gasteiger partial charge in [-0.05, 0) is 38.0 Å². The van der Waals surface area contributed by atoms with E-state index in [2.05, 4.69) is 9.97 Å². The fourth-order valence-electron chi connectivity index (χ4n) is 2.99. The van der Waals surface area contributed by atoms with Crippen LogP contribution in [-0.4, -0.2) is 28.7 Å². The highest BCUT2D eigenvalue weighted by molar-refractivity contribution is 7.91. The number of furan rings is 1. The summed E-state index contributed by atoms with van der Waals surface area (Å²) in [6.07, 6.45) is 2.93. The lowest BCUT2D eigenvalue weighted by atomic mass is 10.2. The molecule has 0 aliphatic carbocycles. The lowest BCUT2D eigenvalue weighted by Crippen LogP contribution is -2.13. The smallest absolute Gasteiger partial charge is 0.206 e. The predicted molar refractivity (Wildman–Crippen MR) is 81.6 cm³/mol. The standard InChI is InChI=1S/C15H15N3O3S/c1-10-6-7-13(21-10)18-14-11(4-2-8-16-14)17-15(18)12-5-3-9-22(12,19)20/h2,4,6-8,12H,3,5,9H2,1H3. The third kappa shape index (κ3) is 1.96. The highest BCUT2D eigenvalue weighted by Crippen LogP contribution is 2.36. The molecule has 1 saturated heterocycles. The van der Waals surface area contributed by atoms with Crippen LogP contribution in [0.4, 0.5) is 0 Å². The zero-order chi connectivity index (χ0) is 15.3. The van der Waals surface area contributed by atoms with Crippen molar-refractivity contribution in [2.24, 2.45) is 0 Å². The number of imidazole rings is 1. The van der Waals surface area contributed by atoms with Gasteiger partial charge in [0, 0.05) is 12.3 Å². The maximum absolute atomic E-state index is 12.3. The molecule has 0 N–H and O–H groups in total. The van der Waals surface area contributed by atoms with Crippen molar-refractivity contribution in [3.63, 3.8) is 0 Å². The molecule has 6 nitrogen and oxygen atoms in total. The van der Waals surface area contributed by atoms with Crippen molar-refractivity contribution in [2.45, 2.75) is 25.0 Å². The average molecular weight is 317 g/mol. The Morgan fingerprint density at radius 1 is 1.32 bits per heavy atom. The first-order valence-electron chi connectivity index (χ1n) is 7.18. The van der Waals surface area contributed by atoms with E-state index >= 15 is 0 Å². The van der Waals surface area contributed by atoms with Gasteiger partial charge in [0.1, 0.15) is 22.4 Å². The Labute approximate surface area is 127 Å². The van der Waals surface area contributed by atoms with Crippen LogP contribution in [-0.2, 0) is 9.84 Å². The van der Waals surface area contributed by atoms with Crippen molar-refractivity contribution in [3.05, 3.63) is 42.0 Å². The van der Waals surface area contributed by atoms with Crippen molar-refractivity contribution in [1.29, 1.82) is 0 Å². The minimum absolute atomic E-state index is 0.214. The second kappa shape index (κ2) is 4.67. The molecule has 1 fully saturated rings. The molecule has 0 bridgehead atoms. The topological polar surface area (TPSA) is 78.0 Å². The molecule has 4 heterocycles. The zero-order valence-electron chi connectivity index (χ0n) is 12.1. The summed E-state index contributed by atoms with van der Waals surface area (Å²) in [5.74, 6) is 2.02. The number of aryl methyl sites for hydroxylation is 1. The Balaban J connectivity index is 2.02. The van der Waals surface area contributed by atoms with Crippen LogP contribution in [0.1, 0.15) is 29.7 Å². The molecule has 1 aliphatic rings. The minimum Gasteiger partial charge on any atom is -0.445 e. The van der Waals surface area contributed by atoms with Crippen molar-refractivity contribution in [2.75, 3.05) is 5.75 Å². The Hall–Kier alpha value is -2.15. The molecule has 7 heteroatoms. The van der Waals surface area contributed by atoms with Gasteiger partial charge >= 0.3 is 0 Å². The van der Waals surface area contributed by atoms with Crippen molar-refractivity contribution in [3.8, 4) is 5.88 Å². The molecule has 1 aliphatic heterocycles. The molecule has 0 radical (unpaired) electrons. The highest BCUT2D eigenvalue weighted by Gasteiger charge is 2.37. The maximum Gasteiger partial charge on any atom is 0.206 e. The number of hydrogen-bond donors (Lipinski definition) is 0. The van der Waals surface area contributed by atoms with Crippen LogP contribution in [0, 0.1) is 6.92 Å². The first kappa shape index (κ1) is 13.5. The molecule has 4 rings (SSSR count). The van der Waals surface area contributed by atoms with Crippen LogP contribution in [0.2, 0.25) is 0 Å². The quantitative estimate of drug-likeness (QED) is 0.726. The van der Waals surface area contributed by atoms with Crippen LogP contribution in [0.3, 0.4) is 0 Å². The fraction of sp³-hybridized carbons (Fsp3) is 0.333. The van der Waals surface area contributed by atoms with E-state index in [4.69, 9.17) is 4.42 Å². The summed E-state index contributed by atoms with van der Waals surface area (Å²) in [5.41, 5.74) is 1.29. The first-order chi connectivity index (χ1) is 10.6. The van der Waals surface area contributed by atoms with Crippen molar-refractivity contribution >= 4 is 21.0 Å². The monoisotopic (exact) mass is 317 g/mol. The van der Waals surface area contributed by atoms with Gasteiger partial charge in [-0.25, -0.2) is 23.0 Å². The largest absolute Gasteiger partial charge is 0.445 e. The van der Waals surface area contributed by atoms with Gasteiger partial charge in [-0.15, -0.1) is 0 Å². The van der Waals surface area contributed by atoms with Gasteiger partial charge in [0.25, 0.3) is 0 Å². The average Bonchev–Trinajstić information content (AvgIpc) is 3.14. The van der Waals surface area contributed by atoms with Gasteiger partial charge in [-0.1, -0.05) is 0 Å². The Morgan fingerprint density at radius 2 is 2.18 bits per heavy atom. The number of fused-ring (bicyclic) bond motifs is 1. The number of pyridine rings is 1. The Bertz CT molecular complexity index is 955. The van der Waals surface area contributed by atoms with E-state index in [1.165, 1.54) is 0 Å². The van der Waals surface area contributed by atoms with Crippen LogP contribution in [0.25, 0.3) is 17.0 Å².